The van der Waals surface area contributed by atoms with E-state index >= 15 is 0 Å². The van der Waals surface area contributed by atoms with E-state index in [2.05, 4.69) is 0 Å². The van der Waals surface area contributed by atoms with Crippen molar-refractivity contribution in [1.29, 1.82) is 0 Å². The van der Waals surface area contributed by atoms with Crippen LogP contribution in [0.5, 0.6) is 0 Å². The van der Waals surface area contributed by atoms with Gasteiger partial charge in [-0.05, 0) is 19.3 Å². The molecule has 2 aliphatic heterocycles. The third-order valence-corrected chi connectivity index (χ3v) is 4.80. The van der Waals surface area contributed by atoms with Crippen LogP contribution in [0.2, 0.25) is 0 Å². The summed E-state index contributed by atoms with van der Waals surface area (Å²) in [5.41, 5.74) is -1.31. The van der Waals surface area contributed by atoms with Gasteiger partial charge in [0.15, 0.2) is 11.4 Å². The predicted octanol–water partition coefficient (Wildman–Crippen LogP) is 0.399. The Hall–Kier alpha value is -0.450. The second-order valence-electron chi connectivity index (χ2n) is 5.75. The molecule has 4 nitrogen and oxygen atoms in total. The van der Waals surface area contributed by atoms with Crippen molar-refractivity contribution in [3.8, 4) is 0 Å². The highest BCUT2D eigenvalue weighted by molar-refractivity contribution is 5.90. The van der Waals surface area contributed by atoms with Crippen LogP contribution in [0.1, 0.15) is 39.0 Å². The standard InChI is InChI=1S/C12H18O4/c1-11-4-2-3-9(14)12(11)10(15)5-7(13)8(6-11)16-12/h7-8,10,13,15H,2-6H2,1H3/t7-,8+,10-,11-,12+/m0/s1. The van der Waals surface area contributed by atoms with Gasteiger partial charge in [0.05, 0.1) is 18.3 Å². The van der Waals surface area contributed by atoms with E-state index in [-0.39, 0.29) is 23.7 Å². The molecule has 1 aliphatic carbocycles. The maximum atomic E-state index is 12.2. The molecule has 0 radical (unpaired) electrons. The van der Waals surface area contributed by atoms with Gasteiger partial charge in [-0.3, -0.25) is 4.79 Å². The highest BCUT2D eigenvalue weighted by Gasteiger charge is 2.69. The van der Waals surface area contributed by atoms with Gasteiger partial charge in [-0.15, -0.1) is 0 Å². The van der Waals surface area contributed by atoms with Crippen LogP contribution >= 0.6 is 0 Å². The number of aliphatic hydroxyl groups is 2. The molecule has 2 N–H and O–H groups in total. The van der Waals surface area contributed by atoms with Crippen molar-refractivity contribution in [2.24, 2.45) is 5.41 Å². The zero-order valence-corrected chi connectivity index (χ0v) is 9.48. The zero-order chi connectivity index (χ0) is 11.6. The molecule has 0 amide bonds. The van der Waals surface area contributed by atoms with Gasteiger partial charge in [-0.1, -0.05) is 6.92 Å². The first-order valence-corrected chi connectivity index (χ1v) is 6.07. The first-order chi connectivity index (χ1) is 7.49. The van der Waals surface area contributed by atoms with Gasteiger partial charge in [-0.2, -0.15) is 0 Å². The summed E-state index contributed by atoms with van der Waals surface area (Å²) in [6.07, 6.45) is 1.48. The van der Waals surface area contributed by atoms with Gasteiger partial charge >= 0.3 is 0 Å². The van der Waals surface area contributed by atoms with Crippen molar-refractivity contribution >= 4 is 5.78 Å². The minimum atomic E-state index is -1.02. The van der Waals surface area contributed by atoms with E-state index in [0.29, 0.717) is 12.8 Å². The molecule has 0 unspecified atom stereocenters. The predicted molar refractivity (Wildman–Crippen MR) is 55.8 cm³/mol. The molecule has 3 aliphatic rings. The van der Waals surface area contributed by atoms with Crippen LogP contribution in [0.25, 0.3) is 0 Å². The van der Waals surface area contributed by atoms with E-state index < -0.39 is 17.8 Å². The number of ether oxygens (including phenoxy) is 1. The van der Waals surface area contributed by atoms with Gasteiger partial charge in [0.2, 0.25) is 0 Å². The highest BCUT2D eigenvalue weighted by atomic mass is 16.6. The number of aliphatic hydroxyl groups excluding tert-OH is 2. The molecule has 3 fully saturated rings. The topological polar surface area (TPSA) is 66.8 Å². The summed E-state index contributed by atoms with van der Waals surface area (Å²) in [5, 5.41) is 20.0. The minimum Gasteiger partial charge on any atom is -0.390 e. The molecule has 5 atom stereocenters. The van der Waals surface area contributed by atoms with Crippen LogP contribution in [0.4, 0.5) is 0 Å². The molecule has 0 aromatic heterocycles. The molecule has 0 aromatic rings. The Labute approximate surface area is 94.6 Å². The van der Waals surface area contributed by atoms with Crippen molar-refractivity contribution in [2.45, 2.75) is 62.9 Å². The van der Waals surface area contributed by atoms with Crippen molar-refractivity contribution in [3.63, 3.8) is 0 Å². The number of carbonyl (C=O) groups is 1. The Kier molecular flexibility index (Phi) is 2.04. The van der Waals surface area contributed by atoms with E-state index in [9.17, 15) is 15.0 Å². The summed E-state index contributed by atoms with van der Waals surface area (Å²) < 4.78 is 5.78. The van der Waals surface area contributed by atoms with E-state index in [1.165, 1.54) is 0 Å². The molecule has 2 heterocycles. The zero-order valence-electron chi connectivity index (χ0n) is 9.48. The lowest BCUT2D eigenvalue weighted by Gasteiger charge is -2.48. The molecule has 4 heteroatoms. The van der Waals surface area contributed by atoms with Gasteiger partial charge in [0.25, 0.3) is 0 Å². The lowest BCUT2D eigenvalue weighted by Crippen LogP contribution is -2.63. The monoisotopic (exact) mass is 226 g/mol. The van der Waals surface area contributed by atoms with Crippen LogP contribution in [-0.2, 0) is 9.53 Å². The molecule has 90 valence electrons. The van der Waals surface area contributed by atoms with Crippen molar-refractivity contribution in [1.82, 2.24) is 0 Å². The molecule has 2 bridgehead atoms. The van der Waals surface area contributed by atoms with E-state index in [1.807, 2.05) is 6.92 Å². The summed E-state index contributed by atoms with van der Waals surface area (Å²) in [4.78, 5) is 12.2. The van der Waals surface area contributed by atoms with Gasteiger partial charge in [0.1, 0.15) is 0 Å². The van der Waals surface area contributed by atoms with Crippen LogP contribution < -0.4 is 0 Å². The molecule has 2 saturated heterocycles. The summed E-state index contributed by atoms with van der Waals surface area (Å²) in [5.74, 6) is 0.0307. The van der Waals surface area contributed by atoms with Gasteiger partial charge in [0, 0.05) is 18.3 Å². The smallest absolute Gasteiger partial charge is 0.167 e. The van der Waals surface area contributed by atoms with Crippen LogP contribution in [-0.4, -0.2) is 39.9 Å². The number of hydrogen-bond donors (Lipinski definition) is 2. The number of rotatable bonds is 0. The Balaban J connectivity index is 2.09. The Bertz CT molecular complexity index is 342. The average molecular weight is 226 g/mol. The van der Waals surface area contributed by atoms with Crippen molar-refractivity contribution < 1.29 is 19.7 Å². The molecular formula is C12H18O4. The third-order valence-electron chi connectivity index (χ3n) is 4.80. The number of carbonyl (C=O) groups excluding carboxylic acids is 1. The number of fused-ring (bicyclic) bond motifs is 1. The molecule has 16 heavy (non-hydrogen) atoms. The van der Waals surface area contributed by atoms with Crippen molar-refractivity contribution in [3.05, 3.63) is 0 Å². The number of ketones is 1. The third kappa shape index (κ3) is 1.03. The number of Topliss-reactive ketones (excluding diaryl/α,β-unsaturated/α-hetero) is 1. The fourth-order valence-corrected chi connectivity index (χ4v) is 3.96. The molecular weight excluding hydrogens is 208 g/mol. The lowest BCUT2D eigenvalue weighted by atomic mass is 9.61. The quantitative estimate of drug-likeness (QED) is 0.627. The molecule has 1 saturated carbocycles. The fourth-order valence-electron chi connectivity index (χ4n) is 3.96. The maximum absolute atomic E-state index is 12.2. The summed E-state index contributed by atoms with van der Waals surface area (Å²) in [7, 11) is 0. The van der Waals surface area contributed by atoms with Gasteiger partial charge in [-0.25, -0.2) is 0 Å². The molecule has 3 rings (SSSR count). The van der Waals surface area contributed by atoms with E-state index in [4.69, 9.17) is 4.74 Å². The summed E-state index contributed by atoms with van der Waals surface area (Å²) in [6.45, 7) is 2.02. The second-order valence-corrected chi connectivity index (χ2v) is 5.75. The first kappa shape index (κ1) is 10.7. The van der Waals surface area contributed by atoms with Crippen molar-refractivity contribution in [2.75, 3.05) is 0 Å². The SMILES string of the molecule is C[C@@]12CCCC(=O)[C@]13O[C@H](C2)[C@@H](O)C[C@@H]3O. The Morgan fingerprint density at radius 3 is 2.94 bits per heavy atom. The maximum Gasteiger partial charge on any atom is 0.167 e. The Morgan fingerprint density at radius 1 is 1.44 bits per heavy atom. The van der Waals surface area contributed by atoms with Crippen LogP contribution in [0, 0.1) is 5.41 Å². The lowest BCUT2D eigenvalue weighted by molar-refractivity contribution is -0.215. The second kappa shape index (κ2) is 3.06. The van der Waals surface area contributed by atoms with E-state index in [0.717, 1.165) is 12.8 Å². The molecule has 0 aromatic carbocycles. The Morgan fingerprint density at radius 2 is 2.19 bits per heavy atom. The first-order valence-electron chi connectivity index (χ1n) is 6.07. The number of hydrogen-bond acceptors (Lipinski definition) is 4. The van der Waals surface area contributed by atoms with E-state index in [1.54, 1.807) is 0 Å². The summed E-state index contributed by atoms with van der Waals surface area (Å²) >= 11 is 0. The summed E-state index contributed by atoms with van der Waals surface area (Å²) in [6, 6.07) is 0. The van der Waals surface area contributed by atoms with Gasteiger partial charge < -0.3 is 14.9 Å². The minimum absolute atomic E-state index is 0.0307. The van der Waals surface area contributed by atoms with Crippen LogP contribution in [0.3, 0.4) is 0 Å². The van der Waals surface area contributed by atoms with Crippen LogP contribution in [0.15, 0.2) is 0 Å². The molecule has 1 spiro atoms. The highest BCUT2D eigenvalue weighted by Crippen LogP contribution is 2.58. The normalized spacial score (nSPS) is 56.2. The average Bonchev–Trinajstić information content (AvgIpc) is 2.49. The fraction of sp³-hybridized carbons (Fsp3) is 0.917. The largest absolute Gasteiger partial charge is 0.390 e.